The Kier molecular flexibility index (Phi) is 11.2. The quantitative estimate of drug-likeness (QED) is 0.120. The Bertz CT molecular complexity index is 1850. The van der Waals surface area contributed by atoms with Crippen molar-refractivity contribution >= 4 is 51.0 Å². The maximum Gasteiger partial charge on any atom is 0.335 e. The molecule has 2 aromatic carbocycles. The molecular weight excluding hydrogens is 609 g/mol. The smallest absolute Gasteiger partial charge is 0.335 e. The van der Waals surface area contributed by atoms with Gasteiger partial charge in [-0.05, 0) is 106 Å². The minimum Gasteiger partial charge on any atom is -0.478 e. The van der Waals surface area contributed by atoms with Crippen LogP contribution in [0.1, 0.15) is 77.9 Å². The Morgan fingerprint density at radius 3 is 1.94 bits per heavy atom. The first-order chi connectivity index (χ1) is 22.9. The van der Waals surface area contributed by atoms with Gasteiger partial charge in [0.2, 0.25) is 0 Å². The number of hydrogen-bond donors (Lipinski definition) is 2. The second-order valence-corrected chi connectivity index (χ2v) is 12.4. The molecule has 3 aromatic heterocycles. The average Bonchev–Trinajstić information content (AvgIpc) is 3.88. The van der Waals surface area contributed by atoms with E-state index < -0.39 is 5.97 Å². The number of Topliss-reactive ketones (excluding diaryl/α,β-unsaturated/α-hetero) is 1. The van der Waals surface area contributed by atoms with Gasteiger partial charge in [0.15, 0.2) is 11.6 Å². The van der Waals surface area contributed by atoms with E-state index >= 15 is 0 Å². The summed E-state index contributed by atoms with van der Waals surface area (Å²) in [5.41, 5.74) is 13.0. The van der Waals surface area contributed by atoms with Crippen molar-refractivity contribution in [1.82, 2.24) is 19.5 Å². The van der Waals surface area contributed by atoms with Crippen molar-refractivity contribution in [1.29, 1.82) is 0 Å². The minimum absolute atomic E-state index is 0. The fraction of sp³-hybridized carbons (Fsp3) is 0.378. The monoisotopic (exact) mass is 653 g/mol. The van der Waals surface area contributed by atoms with Gasteiger partial charge < -0.3 is 25.2 Å². The first-order valence-electron chi connectivity index (χ1n) is 16.7. The van der Waals surface area contributed by atoms with Crippen molar-refractivity contribution in [2.75, 3.05) is 41.7 Å². The molecule has 5 aromatic rings. The largest absolute Gasteiger partial charge is 0.478 e. The lowest BCUT2D eigenvalue weighted by Gasteiger charge is -2.17. The highest BCUT2D eigenvalue weighted by Crippen LogP contribution is 2.28. The lowest BCUT2D eigenvalue weighted by atomic mass is 10.0. The van der Waals surface area contributed by atoms with Gasteiger partial charge in [-0.1, -0.05) is 6.42 Å². The number of hydrogen-bond acceptors (Lipinski definition) is 8. The van der Waals surface area contributed by atoms with E-state index in [1.54, 1.807) is 18.3 Å². The van der Waals surface area contributed by atoms with Crippen molar-refractivity contribution in [3.05, 3.63) is 83.8 Å². The predicted molar refractivity (Wildman–Crippen MR) is 190 cm³/mol. The topological polar surface area (TPSA) is 130 Å². The van der Waals surface area contributed by atoms with E-state index in [0.717, 1.165) is 85.6 Å². The molecular formula is C37H44FN7O3. The van der Waals surface area contributed by atoms with E-state index in [1.165, 1.54) is 31.4 Å². The number of aromatic carboxylic acids is 1. The highest BCUT2D eigenvalue weighted by Gasteiger charge is 2.17. The summed E-state index contributed by atoms with van der Waals surface area (Å²) in [4.78, 5) is 41.5. The summed E-state index contributed by atoms with van der Waals surface area (Å²) < 4.78 is 2.18. The number of carbonyl (C=O) groups is 2. The molecule has 7 rings (SSSR count). The predicted octanol–water partition coefficient (Wildman–Crippen LogP) is 7.05. The number of imidazole rings is 1. The Morgan fingerprint density at radius 1 is 0.771 bits per heavy atom. The molecule has 252 valence electrons. The summed E-state index contributed by atoms with van der Waals surface area (Å²) in [6.45, 7) is 7.22. The molecule has 0 bridgehead atoms. The van der Waals surface area contributed by atoms with Crippen molar-refractivity contribution in [2.45, 2.75) is 64.8 Å². The number of pyridine rings is 2. The number of unbranched alkanes of at least 4 members (excludes halogenated alkanes) is 2. The summed E-state index contributed by atoms with van der Waals surface area (Å²) in [5, 5.41) is 8.73. The number of nitrogens with two attached hydrogens (primary N) is 1. The van der Waals surface area contributed by atoms with E-state index in [9.17, 15) is 9.59 Å². The van der Waals surface area contributed by atoms with E-state index in [1.807, 2.05) is 43.3 Å². The number of ketones is 1. The Morgan fingerprint density at radius 2 is 1.35 bits per heavy atom. The number of carboxylic acids is 1. The first-order valence-corrected chi connectivity index (χ1v) is 16.7. The number of carbonyl (C=O) groups excluding carboxylic acids is 1. The number of nitrogen functional groups attached to an aromatic ring is 1. The van der Waals surface area contributed by atoms with Crippen LogP contribution in [0.5, 0.6) is 0 Å². The number of fused-ring (bicyclic) bond motifs is 3. The van der Waals surface area contributed by atoms with Gasteiger partial charge in [-0.3, -0.25) is 14.5 Å². The molecule has 0 radical (unpaired) electrons. The maximum absolute atomic E-state index is 12.6. The molecule has 11 heteroatoms. The lowest BCUT2D eigenvalue weighted by Crippen LogP contribution is -2.17. The Labute approximate surface area is 280 Å². The van der Waals surface area contributed by atoms with E-state index in [4.69, 9.17) is 10.8 Å². The van der Waals surface area contributed by atoms with Crippen molar-refractivity contribution in [2.24, 2.45) is 0 Å². The van der Waals surface area contributed by atoms with Crippen LogP contribution in [0.25, 0.3) is 22.1 Å². The Balaban J connectivity index is 0.000000252. The second-order valence-electron chi connectivity index (χ2n) is 12.4. The van der Waals surface area contributed by atoms with Gasteiger partial charge in [-0.15, -0.1) is 0 Å². The van der Waals surface area contributed by atoms with Gasteiger partial charge in [-0.2, -0.15) is 0 Å². The molecule has 2 saturated heterocycles. The van der Waals surface area contributed by atoms with Crippen LogP contribution in [0, 0.1) is 6.92 Å². The van der Waals surface area contributed by atoms with E-state index in [0.29, 0.717) is 23.3 Å². The maximum atomic E-state index is 12.6. The number of anilines is 3. The standard InChI is InChI=1S/C26H30N6O.C11H13NO2.FH/c1-18-29-24-25(23-21(30-26(24)27)8-7-14-28-23)32(18)17-4-2-3-9-22(33)19-10-12-20(13-11-19)31-15-5-6-16-31;13-11(14)9-3-5-10(6-4-9)12-7-1-2-8-12;/h7-8,10-14H,2-6,9,15-17H2,1H3,(H2,27,30);3-6H,1-2,7-8H2,(H,13,14);1H. The van der Waals surface area contributed by atoms with Crippen LogP contribution in [0.3, 0.4) is 0 Å². The van der Waals surface area contributed by atoms with Crippen molar-refractivity contribution < 1.29 is 19.4 Å². The molecule has 0 saturated carbocycles. The van der Waals surface area contributed by atoms with Gasteiger partial charge >= 0.3 is 5.97 Å². The van der Waals surface area contributed by atoms with Crippen LogP contribution in [0.15, 0.2) is 66.9 Å². The van der Waals surface area contributed by atoms with Crippen LogP contribution in [-0.4, -0.2) is 62.6 Å². The number of aryl methyl sites for hydroxylation is 2. The number of halogens is 1. The fourth-order valence-corrected chi connectivity index (χ4v) is 6.61. The molecule has 0 unspecified atom stereocenters. The summed E-state index contributed by atoms with van der Waals surface area (Å²) in [5.74, 6) is 0.707. The zero-order chi connectivity index (χ0) is 32.8. The lowest BCUT2D eigenvalue weighted by molar-refractivity contribution is 0.0696. The number of aromatic nitrogens is 4. The number of benzene rings is 2. The zero-order valence-corrected chi connectivity index (χ0v) is 27.5. The molecule has 5 heterocycles. The first kappa shape index (κ1) is 34.3. The van der Waals surface area contributed by atoms with Crippen LogP contribution < -0.4 is 15.5 Å². The van der Waals surface area contributed by atoms with Gasteiger partial charge in [0.1, 0.15) is 22.4 Å². The molecule has 0 atom stereocenters. The molecule has 3 N–H and O–H groups in total. The fourth-order valence-electron chi connectivity index (χ4n) is 6.61. The molecule has 10 nitrogen and oxygen atoms in total. The third-order valence-corrected chi connectivity index (χ3v) is 9.18. The zero-order valence-electron chi connectivity index (χ0n) is 27.5. The van der Waals surface area contributed by atoms with Crippen LogP contribution >= 0.6 is 0 Å². The molecule has 2 fully saturated rings. The highest BCUT2D eigenvalue weighted by atomic mass is 19.0. The van der Waals surface area contributed by atoms with E-state index in [-0.39, 0.29) is 10.5 Å². The third kappa shape index (κ3) is 7.73. The van der Waals surface area contributed by atoms with Gasteiger partial charge in [0.05, 0.1) is 11.1 Å². The summed E-state index contributed by atoms with van der Waals surface area (Å²) in [6, 6.07) is 19.0. The minimum atomic E-state index is -0.863. The number of carboxylic acid groups (broad SMARTS) is 1. The molecule has 2 aliphatic heterocycles. The normalized spacial score (nSPS) is 14.2. The second kappa shape index (κ2) is 15.7. The SMILES string of the molecule is Cc1nc2c(N)nc3cccnc3c2n1CCCCCC(=O)c1ccc(N2CCCC2)cc1.F.O=C(O)c1ccc(N2CCCC2)cc1. The summed E-state index contributed by atoms with van der Waals surface area (Å²) >= 11 is 0. The van der Waals surface area contributed by atoms with Gasteiger partial charge in [-0.25, -0.2) is 14.8 Å². The molecule has 0 aliphatic carbocycles. The van der Waals surface area contributed by atoms with Gasteiger partial charge in [0, 0.05) is 62.3 Å². The number of rotatable bonds is 10. The molecule has 0 spiro atoms. The Hall–Kier alpha value is -5.06. The van der Waals surface area contributed by atoms with Crippen LogP contribution in [0.4, 0.5) is 21.9 Å². The van der Waals surface area contributed by atoms with Gasteiger partial charge in [0.25, 0.3) is 0 Å². The highest BCUT2D eigenvalue weighted by molar-refractivity contribution is 6.04. The van der Waals surface area contributed by atoms with Crippen molar-refractivity contribution in [3.8, 4) is 0 Å². The third-order valence-electron chi connectivity index (χ3n) is 9.18. The molecule has 48 heavy (non-hydrogen) atoms. The molecule has 0 amide bonds. The summed E-state index contributed by atoms with van der Waals surface area (Å²) in [6.07, 6.45) is 10.1. The van der Waals surface area contributed by atoms with Crippen LogP contribution in [0.2, 0.25) is 0 Å². The average molecular weight is 654 g/mol. The van der Waals surface area contributed by atoms with Crippen LogP contribution in [-0.2, 0) is 6.54 Å². The van der Waals surface area contributed by atoms with E-state index in [2.05, 4.69) is 41.5 Å². The summed E-state index contributed by atoms with van der Waals surface area (Å²) in [7, 11) is 0. The molecule has 2 aliphatic rings. The van der Waals surface area contributed by atoms with Crippen molar-refractivity contribution in [3.63, 3.8) is 0 Å². The number of nitrogens with zero attached hydrogens (tertiary/aromatic N) is 6.